The first-order valence-corrected chi connectivity index (χ1v) is 6.22. The number of rotatable bonds is 3. The van der Waals surface area contributed by atoms with Gasteiger partial charge in [0.05, 0.1) is 6.10 Å². The van der Waals surface area contributed by atoms with Gasteiger partial charge in [-0.1, -0.05) is 39.0 Å². The lowest BCUT2D eigenvalue weighted by Gasteiger charge is -2.33. The van der Waals surface area contributed by atoms with Gasteiger partial charge in [0, 0.05) is 29.8 Å². The van der Waals surface area contributed by atoms with E-state index in [-0.39, 0.29) is 11.5 Å². The molecular formula is C15H21NO2. The summed E-state index contributed by atoms with van der Waals surface area (Å²) < 4.78 is 5.49. The van der Waals surface area contributed by atoms with Crippen LogP contribution in [0.5, 0.6) is 0 Å². The molecule has 0 saturated heterocycles. The van der Waals surface area contributed by atoms with Gasteiger partial charge in [-0.3, -0.25) is 0 Å². The highest BCUT2D eigenvalue weighted by atomic mass is 16.5. The highest BCUT2D eigenvalue weighted by Crippen LogP contribution is 2.35. The molecule has 3 heteroatoms. The molecule has 0 spiro atoms. The van der Waals surface area contributed by atoms with Crippen LogP contribution in [0, 0.1) is 5.41 Å². The van der Waals surface area contributed by atoms with Gasteiger partial charge in [-0.25, -0.2) is 0 Å². The van der Waals surface area contributed by atoms with Crippen molar-refractivity contribution in [2.75, 3.05) is 7.11 Å². The maximum absolute atomic E-state index is 10.6. The third-order valence-electron chi connectivity index (χ3n) is 3.33. The number of aromatic amines is 1. The largest absolute Gasteiger partial charge is 0.386 e. The van der Waals surface area contributed by atoms with Crippen LogP contribution in [0.4, 0.5) is 0 Å². The van der Waals surface area contributed by atoms with Gasteiger partial charge in [-0.15, -0.1) is 0 Å². The van der Waals surface area contributed by atoms with Crippen LogP contribution in [0.1, 0.15) is 32.4 Å². The van der Waals surface area contributed by atoms with E-state index in [1.54, 1.807) is 7.11 Å². The van der Waals surface area contributed by atoms with Crippen LogP contribution in [0.15, 0.2) is 30.5 Å². The number of nitrogens with one attached hydrogen (secondary N) is 1. The Bertz CT molecular complexity index is 525. The minimum absolute atomic E-state index is 0.119. The Morgan fingerprint density at radius 2 is 1.89 bits per heavy atom. The Hall–Kier alpha value is -1.32. The summed E-state index contributed by atoms with van der Waals surface area (Å²) >= 11 is 0. The van der Waals surface area contributed by atoms with Crippen molar-refractivity contribution < 1.29 is 9.84 Å². The summed E-state index contributed by atoms with van der Waals surface area (Å²) in [6, 6.07) is 7.97. The number of para-hydroxylation sites is 1. The first-order chi connectivity index (χ1) is 8.45. The monoisotopic (exact) mass is 247 g/mol. The number of hydrogen-bond acceptors (Lipinski definition) is 2. The standard InChI is InChI=1S/C15H21NO2/c1-15(2,3)14(18-4)13(17)11-9-16-12-8-6-5-7-10(11)12/h5-9,13-14,16-17H,1-4H3. The fourth-order valence-corrected chi connectivity index (χ4v) is 2.46. The molecule has 0 fully saturated rings. The Kier molecular flexibility index (Phi) is 3.46. The maximum atomic E-state index is 10.6. The molecule has 0 aliphatic carbocycles. The van der Waals surface area contributed by atoms with Gasteiger partial charge >= 0.3 is 0 Å². The summed E-state index contributed by atoms with van der Waals surface area (Å²) in [6.45, 7) is 6.21. The van der Waals surface area contributed by atoms with Crippen molar-refractivity contribution in [1.29, 1.82) is 0 Å². The number of fused-ring (bicyclic) bond motifs is 1. The zero-order valence-electron chi connectivity index (χ0n) is 11.4. The molecule has 1 heterocycles. The van der Waals surface area contributed by atoms with E-state index < -0.39 is 6.10 Å². The topological polar surface area (TPSA) is 45.2 Å². The third kappa shape index (κ3) is 2.28. The zero-order chi connectivity index (χ0) is 13.3. The highest BCUT2D eigenvalue weighted by molar-refractivity contribution is 5.83. The van der Waals surface area contributed by atoms with Gasteiger partial charge in [-0.05, 0) is 11.5 Å². The number of ether oxygens (including phenoxy) is 1. The van der Waals surface area contributed by atoms with Gasteiger partial charge in [0.25, 0.3) is 0 Å². The molecule has 0 radical (unpaired) electrons. The summed E-state index contributed by atoms with van der Waals surface area (Å²) in [5.74, 6) is 0. The van der Waals surface area contributed by atoms with Crippen molar-refractivity contribution in [3.63, 3.8) is 0 Å². The van der Waals surface area contributed by atoms with Crippen molar-refractivity contribution >= 4 is 10.9 Å². The van der Waals surface area contributed by atoms with Gasteiger partial charge in [0.1, 0.15) is 6.10 Å². The minimum Gasteiger partial charge on any atom is -0.386 e. The Morgan fingerprint density at radius 1 is 1.22 bits per heavy atom. The van der Waals surface area contributed by atoms with E-state index >= 15 is 0 Å². The first kappa shape index (κ1) is 13.1. The van der Waals surface area contributed by atoms with E-state index in [0.29, 0.717) is 0 Å². The summed E-state index contributed by atoms with van der Waals surface area (Å²) in [6.07, 6.45) is 0.996. The number of hydrogen-bond donors (Lipinski definition) is 2. The zero-order valence-corrected chi connectivity index (χ0v) is 11.4. The lowest BCUT2D eigenvalue weighted by atomic mass is 9.83. The molecule has 2 rings (SSSR count). The smallest absolute Gasteiger partial charge is 0.108 e. The van der Waals surface area contributed by atoms with E-state index in [0.717, 1.165) is 16.5 Å². The molecule has 0 bridgehead atoms. The molecule has 0 saturated carbocycles. The molecule has 0 amide bonds. The van der Waals surface area contributed by atoms with Crippen molar-refractivity contribution in [3.05, 3.63) is 36.0 Å². The fourth-order valence-electron chi connectivity index (χ4n) is 2.46. The molecule has 2 aromatic rings. The highest BCUT2D eigenvalue weighted by Gasteiger charge is 2.33. The molecule has 3 nitrogen and oxygen atoms in total. The Morgan fingerprint density at radius 3 is 2.50 bits per heavy atom. The van der Waals surface area contributed by atoms with Gasteiger partial charge in [0.15, 0.2) is 0 Å². The predicted octanol–water partition coefficient (Wildman–Crippen LogP) is 3.26. The van der Waals surface area contributed by atoms with Crippen LogP contribution >= 0.6 is 0 Å². The van der Waals surface area contributed by atoms with Gasteiger partial charge in [0.2, 0.25) is 0 Å². The molecule has 2 atom stereocenters. The molecule has 2 unspecified atom stereocenters. The minimum atomic E-state index is -0.633. The van der Waals surface area contributed by atoms with E-state index in [9.17, 15) is 5.11 Å². The number of benzene rings is 1. The summed E-state index contributed by atoms with van der Waals surface area (Å²) in [4.78, 5) is 3.18. The van der Waals surface area contributed by atoms with Crippen LogP contribution in [0.25, 0.3) is 10.9 Å². The molecule has 98 valence electrons. The van der Waals surface area contributed by atoms with Crippen molar-refractivity contribution in [2.24, 2.45) is 5.41 Å². The van der Waals surface area contributed by atoms with Crippen molar-refractivity contribution in [1.82, 2.24) is 4.98 Å². The van der Waals surface area contributed by atoms with E-state index in [1.165, 1.54) is 0 Å². The second-order valence-corrected chi connectivity index (χ2v) is 5.76. The normalized spacial score (nSPS) is 15.8. The number of aliphatic hydroxyl groups excluding tert-OH is 1. The average molecular weight is 247 g/mol. The van der Waals surface area contributed by atoms with Gasteiger partial charge in [-0.2, -0.15) is 0 Å². The van der Waals surface area contributed by atoms with Crippen LogP contribution in [-0.4, -0.2) is 23.3 Å². The van der Waals surface area contributed by atoms with Crippen LogP contribution in [0.3, 0.4) is 0 Å². The van der Waals surface area contributed by atoms with Crippen molar-refractivity contribution in [2.45, 2.75) is 33.0 Å². The Balaban J connectivity index is 2.41. The van der Waals surface area contributed by atoms with E-state index in [2.05, 4.69) is 25.8 Å². The third-order valence-corrected chi connectivity index (χ3v) is 3.33. The molecule has 0 aliphatic rings. The lowest BCUT2D eigenvalue weighted by molar-refractivity contribution is -0.0718. The first-order valence-electron chi connectivity index (χ1n) is 6.22. The molecule has 0 aliphatic heterocycles. The Labute approximate surface area is 108 Å². The van der Waals surface area contributed by atoms with Crippen LogP contribution in [0.2, 0.25) is 0 Å². The summed E-state index contributed by atoms with van der Waals surface area (Å²) in [7, 11) is 1.65. The summed E-state index contributed by atoms with van der Waals surface area (Å²) in [5, 5.41) is 11.6. The van der Waals surface area contributed by atoms with Crippen LogP contribution in [-0.2, 0) is 4.74 Å². The molecule has 1 aromatic heterocycles. The molecule has 1 aromatic carbocycles. The molecular weight excluding hydrogens is 226 g/mol. The van der Waals surface area contributed by atoms with E-state index in [4.69, 9.17) is 4.74 Å². The second kappa shape index (κ2) is 4.75. The van der Waals surface area contributed by atoms with Crippen LogP contribution < -0.4 is 0 Å². The molecule has 2 N–H and O–H groups in total. The lowest BCUT2D eigenvalue weighted by Crippen LogP contribution is -2.34. The fraction of sp³-hybridized carbons (Fsp3) is 0.467. The number of H-pyrrole nitrogens is 1. The number of aromatic nitrogens is 1. The number of aliphatic hydroxyl groups is 1. The van der Waals surface area contributed by atoms with Crippen molar-refractivity contribution in [3.8, 4) is 0 Å². The molecule has 18 heavy (non-hydrogen) atoms. The average Bonchev–Trinajstić information content (AvgIpc) is 2.71. The number of methoxy groups -OCH3 is 1. The second-order valence-electron chi connectivity index (χ2n) is 5.76. The predicted molar refractivity (Wildman–Crippen MR) is 73.5 cm³/mol. The van der Waals surface area contributed by atoms with E-state index in [1.807, 2.05) is 30.5 Å². The SMILES string of the molecule is COC(C(O)c1c[nH]c2ccccc12)C(C)(C)C. The quantitative estimate of drug-likeness (QED) is 0.874. The summed E-state index contributed by atoms with van der Waals surface area (Å²) in [5.41, 5.74) is 1.81. The maximum Gasteiger partial charge on any atom is 0.108 e. The van der Waals surface area contributed by atoms with Gasteiger partial charge < -0.3 is 14.8 Å².